The van der Waals surface area contributed by atoms with Crippen LogP contribution in [-0.4, -0.2) is 5.54 Å². The molecule has 0 radical (unpaired) electrons. The molecule has 1 saturated carbocycles. The molecule has 1 nitrogen and oxygen atoms in total. The van der Waals surface area contributed by atoms with E-state index in [1.54, 1.807) is 0 Å². The Hall–Kier alpha value is -0.240. The largest absolute Gasteiger partial charge is 0.325 e. The van der Waals surface area contributed by atoms with E-state index in [0.717, 1.165) is 12.8 Å². The Morgan fingerprint density at radius 2 is 1.94 bits per heavy atom. The molecular weight excluding hydrogens is 265 g/mol. The Kier molecular flexibility index (Phi) is 4.25. The minimum Gasteiger partial charge on any atom is -0.325 e. The van der Waals surface area contributed by atoms with Crippen LogP contribution in [0.15, 0.2) is 18.2 Å². The first-order valence-corrected chi connectivity index (χ1v) is 7.39. The first-order valence-electron chi connectivity index (χ1n) is 6.63. The van der Waals surface area contributed by atoms with Crippen molar-refractivity contribution in [2.75, 3.05) is 0 Å². The van der Waals surface area contributed by atoms with Gasteiger partial charge in [-0.25, -0.2) is 0 Å². The van der Waals surface area contributed by atoms with E-state index in [9.17, 15) is 0 Å². The van der Waals surface area contributed by atoms with Gasteiger partial charge in [-0.3, -0.25) is 0 Å². The number of rotatable bonds is 2. The summed E-state index contributed by atoms with van der Waals surface area (Å²) in [5.74, 6) is 1.28. The molecule has 3 heteroatoms. The minimum absolute atomic E-state index is 0.102. The zero-order valence-electron chi connectivity index (χ0n) is 11.0. The second kappa shape index (κ2) is 5.40. The highest BCUT2D eigenvalue weighted by atomic mass is 35.5. The molecule has 2 rings (SSSR count). The summed E-state index contributed by atoms with van der Waals surface area (Å²) in [6, 6.07) is 5.85. The average molecular weight is 286 g/mol. The van der Waals surface area contributed by atoms with Crippen LogP contribution in [0.1, 0.15) is 38.7 Å². The highest BCUT2D eigenvalue weighted by Crippen LogP contribution is 2.37. The van der Waals surface area contributed by atoms with Gasteiger partial charge in [0, 0.05) is 5.54 Å². The molecule has 1 aliphatic rings. The Labute approximate surface area is 120 Å². The number of benzene rings is 1. The molecular formula is C15H21Cl2N. The standard InChI is InChI=1S/C15H21Cl2N/c1-10-3-4-11(2)15(18,8-10)9-12-5-6-13(16)14(17)7-12/h5-7,10-11H,3-4,8-9,18H2,1-2H3. The van der Waals surface area contributed by atoms with E-state index in [-0.39, 0.29) is 5.54 Å². The predicted octanol–water partition coefficient (Wildman–Crippen LogP) is 4.69. The van der Waals surface area contributed by atoms with Crippen LogP contribution in [0.2, 0.25) is 10.0 Å². The molecule has 100 valence electrons. The number of halogens is 2. The molecule has 1 aliphatic carbocycles. The van der Waals surface area contributed by atoms with Gasteiger partial charge >= 0.3 is 0 Å². The normalized spacial score (nSPS) is 32.5. The number of hydrogen-bond donors (Lipinski definition) is 1. The van der Waals surface area contributed by atoms with Crippen LogP contribution in [0, 0.1) is 11.8 Å². The second-order valence-electron chi connectivity index (χ2n) is 5.95. The molecule has 0 saturated heterocycles. The highest BCUT2D eigenvalue weighted by molar-refractivity contribution is 6.42. The van der Waals surface area contributed by atoms with Crippen LogP contribution in [-0.2, 0) is 6.42 Å². The fraction of sp³-hybridized carbons (Fsp3) is 0.600. The Bertz CT molecular complexity index is 433. The lowest BCUT2D eigenvalue weighted by atomic mass is 9.68. The van der Waals surface area contributed by atoms with E-state index in [0.29, 0.717) is 21.9 Å². The van der Waals surface area contributed by atoms with E-state index < -0.39 is 0 Å². The van der Waals surface area contributed by atoms with Gasteiger partial charge in [0.05, 0.1) is 10.0 Å². The van der Waals surface area contributed by atoms with E-state index in [1.807, 2.05) is 18.2 Å². The fourth-order valence-corrected chi connectivity index (χ4v) is 3.37. The maximum absolute atomic E-state index is 6.64. The lowest BCUT2D eigenvalue weighted by Crippen LogP contribution is -2.51. The van der Waals surface area contributed by atoms with Gasteiger partial charge in [0.1, 0.15) is 0 Å². The van der Waals surface area contributed by atoms with Gasteiger partial charge in [-0.15, -0.1) is 0 Å². The van der Waals surface area contributed by atoms with Gasteiger partial charge in [-0.2, -0.15) is 0 Å². The molecule has 0 aromatic heterocycles. The summed E-state index contributed by atoms with van der Waals surface area (Å²) in [5, 5.41) is 1.23. The van der Waals surface area contributed by atoms with Crippen molar-refractivity contribution in [3.8, 4) is 0 Å². The molecule has 0 heterocycles. The fourth-order valence-electron chi connectivity index (χ4n) is 3.05. The van der Waals surface area contributed by atoms with Gasteiger partial charge in [-0.1, -0.05) is 49.5 Å². The summed E-state index contributed by atoms with van der Waals surface area (Å²) in [5.41, 5.74) is 7.72. The lowest BCUT2D eigenvalue weighted by molar-refractivity contribution is 0.161. The third-order valence-electron chi connectivity index (χ3n) is 4.32. The topological polar surface area (TPSA) is 26.0 Å². The van der Waals surface area contributed by atoms with Crippen molar-refractivity contribution in [1.82, 2.24) is 0 Å². The Morgan fingerprint density at radius 1 is 1.22 bits per heavy atom. The Balaban J connectivity index is 2.17. The van der Waals surface area contributed by atoms with Crippen molar-refractivity contribution in [3.05, 3.63) is 33.8 Å². The van der Waals surface area contributed by atoms with Gasteiger partial charge in [0.25, 0.3) is 0 Å². The van der Waals surface area contributed by atoms with Crippen LogP contribution in [0.25, 0.3) is 0 Å². The van der Waals surface area contributed by atoms with E-state index in [2.05, 4.69) is 13.8 Å². The van der Waals surface area contributed by atoms with E-state index >= 15 is 0 Å². The molecule has 0 amide bonds. The van der Waals surface area contributed by atoms with Crippen molar-refractivity contribution in [2.24, 2.45) is 17.6 Å². The number of nitrogens with two attached hydrogens (primary N) is 1. The molecule has 2 N–H and O–H groups in total. The van der Waals surface area contributed by atoms with Crippen molar-refractivity contribution in [2.45, 2.75) is 45.1 Å². The zero-order valence-corrected chi connectivity index (χ0v) is 12.6. The number of hydrogen-bond acceptors (Lipinski definition) is 1. The molecule has 3 atom stereocenters. The van der Waals surface area contributed by atoms with Gasteiger partial charge in [0.15, 0.2) is 0 Å². The van der Waals surface area contributed by atoms with Gasteiger partial charge in [-0.05, 0) is 48.8 Å². The minimum atomic E-state index is -0.102. The smallest absolute Gasteiger partial charge is 0.0595 e. The quantitative estimate of drug-likeness (QED) is 0.838. The first-order chi connectivity index (χ1) is 8.40. The molecule has 3 unspecified atom stereocenters. The van der Waals surface area contributed by atoms with Crippen molar-refractivity contribution in [3.63, 3.8) is 0 Å². The average Bonchev–Trinajstić information content (AvgIpc) is 2.29. The third kappa shape index (κ3) is 3.01. The molecule has 1 aromatic rings. The summed E-state index contributed by atoms with van der Waals surface area (Å²) >= 11 is 12.0. The Morgan fingerprint density at radius 3 is 2.61 bits per heavy atom. The molecule has 18 heavy (non-hydrogen) atoms. The highest BCUT2D eigenvalue weighted by Gasteiger charge is 2.37. The van der Waals surface area contributed by atoms with Crippen molar-refractivity contribution in [1.29, 1.82) is 0 Å². The van der Waals surface area contributed by atoms with Crippen LogP contribution < -0.4 is 5.73 Å². The predicted molar refractivity (Wildman–Crippen MR) is 79.3 cm³/mol. The van der Waals surface area contributed by atoms with E-state index in [1.165, 1.54) is 18.4 Å². The monoisotopic (exact) mass is 285 g/mol. The summed E-state index contributed by atoms with van der Waals surface area (Å²) in [6.45, 7) is 4.56. The van der Waals surface area contributed by atoms with Crippen LogP contribution in [0.4, 0.5) is 0 Å². The van der Waals surface area contributed by atoms with Crippen molar-refractivity contribution < 1.29 is 0 Å². The van der Waals surface area contributed by atoms with Crippen LogP contribution in [0.5, 0.6) is 0 Å². The SMILES string of the molecule is CC1CCC(C)C(N)(Cc2ccc(Cl)c(Cl)c2)C1. The first kappa shape index (κ1) is 14.2. The molecule has 1 fully saturated rings. The zero-order chi connectivity index (χ0) is 13.3. The molecule has 0 aliphatic heterocycles. The molecule has 1 aromatic carbocycles. The van der Waals surface area contributed by atoms with Gasteiger partial charge in [0.2, 0.25) is 0 Å². The molecule has 0 spiro atoms. The second-order valence-corrected chi connectivity index (χ2v) is 6.76. The van der Waals surface area contributed by atoms with Crippen molar-refractivity contribution >= 4 is 23.2 Å². The third-order valence-corrected chi connectivity index (χ3v) is 5.06. The summed E-state index contributed by atoms with van der Waals surface area (Å²) < 4.78 is 0. The van der Waals surface area contributed by atoms with Crippen LogP contribution in [0.3, 0.4) is 0 Å². The lowest BCUT2D eigenvalue weighted by Gasteiger charge is -2.42. The van der Waals surface area contributed by atoms with Gasteiger partial charge < -0.3 is 5.73 Å². The summed E-state index contributed by atoms with van der Waals surface area (Å²) in [6.07, 6.45) is 4.49. The van der Waals surface area contributed by atoms with E-state index in [4.69, 9.17) is 28.9 Å². The van der Waals surface area contributed by atoms with Crippen LogP contribution >= 0.6 is 23.2 Å². The molecule has 0 bridgehead atoms. The summed E-state index contributed by atoms with van der Waals surface area (Å²) in [7, 11) is 0. The maximum Gasteiger partial charge on any atom is 0.0595 e. The summed E-state index contributed by atoms with van der Waals surface area (Å²) in [4.78, 5) is 0. The maximum atomic E-state index is 6.64.